The van der Waals surface area contributed by atoms with E-state index >= 15 is 0 Å². The number of amides is 2. The predicted molar refractivity (Wildman–Crippen MR) is 115 cm³/mol. The van der Waals surface area contributed by atoms with Gasteiger partial charge in [-0.15, -0.1) is 0 Å². The van der Waals surface area contributed by atoms with Gasteiger partial charge < -0.3 is 15.0 Å². The van der Waals surface area contributed by atoms with Crippen molar-refractivity contribution >= 4 is 29.1 Å². The predicted octanol–water partition coefficient (Wildman–Crippen LogP) is 3.12. The zero-order valence-electron chi connectivity index (χ0n) is 16.8. The normalized spacial score (nSPS) is 14.5. The van der Waals surface area contributed by atoms with Crippen LogP contribution in [0.3, 0.4) is 0 Å². The Morgan fingerprint density at radius 1 is 1.07 bits per heavy atom. The molecule has 2 amide bonds. The van der Waals surface area contributed by atoms with Crippen LogP contribution in [0.4, 0.5) is 5.69 Å². The number of ether oxygens (including phenoxy) is 1. The Labute approximate surface area is 176 Å². The van der Waals surface area contributed by atoms with Crippen LogP contribution in [-0.4, -0.2) is 60.9 Å². The number of benzene rings is 2. The van der Waals surface area contributed by atoms with Crippen LogP contribution >= 0.6 is 11.6 Å². The van der Waals surface area contributed by atoms with Crippen molar-refractivity contribution in [2.24, 2.45) is 0 Å². The first kappa shape index (κ1) is 21.1. The van der Waals surface area contributed by atoms with Gasteiger partial charge in [-0.05, 0) is 37.6 Å². The minimum absolute atomic E-state index is 0.0247. The SMILES string of the molecule is Cc1ccc(OCC(=O)N2CCN(CC(=O)Nc3ccccc3Cl)CC2)c(C)c1. The Kier molecular flexibility index (Phi) is 7.12. The zero-order valence-corrected chi connectivity index (χ0v) is 17.5. The Morgan fingerprint density at radius 3 is 2.48 bits per heavy atom. The molecule has 1 N–H and O–H groups in total. The van der Waals surface area contributed by atoms with Gasteiger partial charge in [0.2, 0.25) is 5.91 Å². The summed E-state index contributed by atoms with van der Waals surface area (Å²) in [7, 11) is 0. The first-order valence-corrected chi connectivity index (χ1v) is 10.0. The van der Waals surface area contributed by atoms with Gasteiger partial charge >= 0.3 is 0 Å². The van der Waals surface area contributed by atoms with E-state index < -0.39 is 0 Å². The van der Waals surface area contributed by atoms with Crippen LogP contribution in [0.15, 0.2) is 42.5 Å². The number of nitrogens with zero attached hydrogens (tertiary/aromatic N) is 2. The van der Waals surface area contributed by atoms with Crippen LogP contribution < -0.4 is 10.1 Å². The van der Waals surface area contributed by atoms with Gasteiger partial charge in [-0.2, -0.15) is 0 Å². The van der Waals surface area contributed by atoms with E-state index in [1.807, 2.05) is 49.1 Å². The fourth-order valence-corrected chi connectivity index (χ4v) is 3.49. The molecule has 1 aliphatic heterocycles. The molecule has 0 aliphatic carbocycles. The zero-order chi connectivity index (χ0) is 20.8. The van der Waals surface area contributed by atoms with Crippen molar-refractivity contribution in [1.29, 1.82) is 0 Å². The van der Waals surface area contributed by atoms with Gasteiger partial charge in [0.05, 0.1) is 17.3 Å². The van der Waals surface area contributed by atoms with Crippen LogP contribution in [0.25, 0.3) is 0 Å². The number of nitrogens with one attached hydrogen (secondary N) is 1. The van der Waals surface area contributed by atoms with Crippen molar-refractivity contribution in [1.82, 2.24) is 9.80 Å². The van der Waals surface area contributed by atoms with Crippen molar-refractivity contribution in [2.75, 3.05) is 44.6 Å². The quantitative estimate of drug-likeness (QED) is 0.787. The molecular weight excluding hydrogens is 390 g/mol. The Morgan fingerprint density at radius 2 is 1.79 bits per heavy atom. The number of hydrogen-bond donors (Lipinski definition) is 1. The van der Waals surface area contributed by atoms with Gasteiger partial charge in [-0.25, -0.2) is 0 Å². The van der Waals surface area contributed by atoms with Crippen molar-refractivity contribution in [3.8, 4) is 5.75 Å². The molecule has 0 radical (unpaired) electrons. The second-order valence-electron chi connectivity index (χ2n) is 7.24. The number of hydrogen-bond acceptors (Lipinski definition) is 4. The fourth-order valence-electron chi connectivity index (χ4n) is 3.30. The smallest absolute Gasteiger partial charge is 0.260 e. The third-order valence-corrected chi connectivity index (χ3v) is 5.25. The van der Waals surface area contributed by atoms with Crippen molar-refractivity contribution in [2.45, 2.75) is 13.8 Å². The number of anilines is 1. The maximum atomic E-state index is 12.4. The summed E-state index contributed by atoms with van der Waals surface area (Å²) in [5.74, 6) is 0.583. The molecule has 7 heteroatoms. The van der Waals surface area contributed by atoms with Gasteiger partial charge in [0, 0.05) is 26.2 Å². The summed E-state index contributed by atoms with van der Waals surface area (Å²) in [4.78, 5) is 28.5. The number of carbonyl (C=O) groups excluding carboxylic acids is 2. The summed E-state index contributed by atoms with van der Waals surface area (Å²) in [5, 5.41) is 3.34. The van der Waals surface area contributed by atoms with E-state index in [9.17, 15) is 9.59 Å². The lowest BCUT2D eigenvalue weighted by Gasteiger charge is -2.34. The molecule has 1 heterocycles. The van der Waals surface area contributed by atoms with E-state index in [2.05, 4.69) is 5.32 Å². The Balaban J connectivity index is 1.42. The molecule has 154 valence electrons. The first-order valence-electron chi connectivity index (χ1n) is 9.67. The molecule has 2 aromatic carbocycles. The molecular formula is C22H26ClN3O3. The molecule has 0 spiro atoms. The van der Waals surface area contributed by atoms with Crippen LogP contribution in [-0.2, 0) is 9.59 Å². The Bertz CT molecular complexity index is 879. The van der Waals surface area contributed by atoms with Gasteiger partial charge in [0.15, 0.2) is 6.61 Å². The first-order chi connectivity index (χ1) is 13.9. The number of piperazine rings is 1. The van der Waals surface area contributed by atoms with E-state index in [0.29, 0.717) is 36.9 Å². The molecule has 29 heavy (non-hydrogen) atoms. The minimum Gasteiger partial charge on any atom is -0.484 e. The molecule has 2 aromatic rings. The number of halogens is 1. The number of para-hydroxylation sites is 1. The lowest BCUT2D eigenvalue weighted by molar-refractivity contribution is -0.135. The lowest BCUT2D eigenvalue weighted by atomic mass is 10.1. The highest BCUT2D eigenvalue weighted by atomic mass is 35.5. The largest absolute Gasteiger partial charge is 0.484 e. The molecule has 0 atom stereocenters. The summed E-state index contributed by atoms with van der Waals surface area (Å²) in [6, 6.07) is 13.1. The van der Waals surface area contributed by atoms with Gasteiger partial charge in [-0.1, -0.05) is 41.4 Å². The summed E-state index contributed by atoms with van der Waals surface area (Å²) in [6.07, 6.45) is 0. The average molecular weight is 416 g/mol. The molecule has 1 fully saturated rings. The average Bonchev–Trinajstić information content (AvgIpc) is 2.69. The third-order valence-electron chi connectivity index (χ3n) is 4.92. The summed E-state index contributed by atoms with van der Waals surface area (Å²) in [5.41, 5.74) is 2.79. The topological polar surface area (TPSA) is 61.9 Å². The van der Waals surface area contributed by atoms with E-state index in [-0.39, 0.29) is 25.0 Å². The van der Waals surface area contributed by atoms with Crippen molar-refractivity contribution in [3.63, 3.8) is 0 Å². The summed E-state index contributed by atoms with van der Waals surface area (Å²) in [6.45, 7) is 6.73. The maximum absolute atomic E-state index is 12.4. The molecule has 6 nitrogen and oxygen atoms in total. The number of aryl methyl sites for hydroxylation is 2. The Hall–Kier alpha value is -2.57. The highest BCUT2D eigenvalue weighted by molar-refractivity contribution is 6.33. The van der Waals surface area contributed by atoms with Gasteiger partial charge in [0.25, 0.3) is 5.91 Å². The second kappa shape index (κ2) is 9.76. The van der Waals surface area contributed by atoms with Crippen LogP contribution in [0.5, 0.6) is 5.75 Å². The monoisotopic (exact) mass is 415 g/mol. The summed E-state index contributed by atoms with van der Waals surface area (Å²) >= 11 is 6.07. The standard InChI is InChI=1S/C22H26ClN3O3/c1-16-7-8-20(17(2)13-16)29-15-22(28)26-11-9-25(10-12-26)14-21(27)24-19-6-4-3-5-18(19)23/h3-8,13H,9-12,14-15H2,1-2H3,(H,24,27). The van der Waals surface area contributed by atoms with E-state index in [1.165, 1.54) is 0 Å². The minimum atomic E-state index is -0.115. The van der Waals surface area contributed by atoms with Crippen LogP contribution in [0.1, 0.15) is 11.1 Å². The molecule has 0 saturated carbocycles. The number of rotatable bonds is 6. The fraction of sp³-hybridized carbons (Fsp3) is 0.364. The van der Waals surface area contributed by atoms with Crippen LogP contribution in [0.2, 0.25) is 5.02 Å². The van der Waals surface area contributed by atoms with Crippen molar-refractivity contribution < 1.29 is 14.3 Å². The van der Waals surface area contributed by atoms with Gasteiger partial charge in [-0.3, -0.25) is 14.5 Å². The molecule has 1 aliphatic rings. The highest BCUT2D eigenvalue weighted by Gasteiger charge is 2.23. The van der Waals surface area contributed by atoms with E-state index in [4.69, 9.17) is 16.3 Å². The lowest BCUT2D eigenvalue weighted by Crippen LogP contribution is -2.51. The van der Waals surface area contributed by atoms with E-state index in [0.717, 1.165) is 16.9 Å². The van der Waals surface area contributed by atoms with Gasteiger partial charge in [0.1, 0.15) is 5.75 Å². The van der Waals surface area contributed by atoms with E-state index in [1.54, 1.807) is 17.0 Å². The van der Waals surface area contributed by atoms with Crippen molar-refractivity contribution in [3.05, 3.63) is 58.6 Å². The third kappa shape index (κ3) is 5.95. The molecule has 0 unspecified atom stereocenters. The highest BCUT2D eigenvalue weighted by Crippen LogP contribution is 2.20. The number of carbonyl (C=O) groups is 2. The molecule has 0 aromatic heterocycles. The molecule has 3 rings (SSSR count). The molecule has 1 saturated heterocycles. The van der Waals surface area contributed by atoms with Crippen LogP contribution in [0, 0.1) is 13.8 Å². The maximum Gasteiger partial charge on any atom is 0.260 e. The summed E-state index contributed by atoms with van der Waals surface area (Å²) < 4.78 is 5.69. The molecule has 0 bridgehead atoms. The second-order valence-corrected chi connectivity index (χ2v) is 7.65.